The number of aromatic nitrogens is 1. The highest BCUT2D eigenvalue weighted by atomic mass is 35.5. The molecule has 0 N–H and O–H groups in total. The molecule has 2 heteroatoms. The molecular weight excluding hydrogens is 566 g/mol. The molecule has 0 fully saturated rings. The van der Waals surface area contributed by atoms with Crippen LogP contribution in [0.2, 0.25) is 0 Å². The Morgan fingerprint density at radius 1 is 0.467 bits per heavy atom. The van der Waals surface area contributed by atoms with Gasteiger partial charge in [-0.25, -0.2) is 4.57 Å². The summed E-state index contributed by atoms with van der Waals surface area (Å²) in [4.78, 5) is 0. The Hall–Kier alpha value is -0.820. The van der Waals surface area contributed by atoms with Crippen LogP contribution in [0.5, 0.6) is 0 Å². The minimum atomic E-state index is 0. The average Bonchev–Trinajstić information content (AvgIpc) is 3.03. The molecule has 0 atom stereocenters. The second kappa shape index (κ2) is 34.5. The number of rotatable bonds is 33. The lowest BCUT2D eigenvalue weighted by atomic mass is 9.95. The molecule has 45 heavy (non-hydrogen) atoms. The molecule has 1 rings (SSSR count). The summed E-state index contributed by atoms with van der Waals surface area (Å²) < 4.78 is 2.34. The first-order chi connectivity index (χ1) is 21.7. The SMILES string of the molecule is CCCCCCCC/C=C\CCCCCCCCc1c(CCCCCCCCCCCCCCCCCC)cc[n+](C)c1C.[Cl-]. The Balaban J connectivity index is 0.0000194. The van der Waals surface area contributed by atoms with Crippen LogP contribution in [0, 0.1) is 6.92 Å². The van der Waals surface area contributed by atoms with Crippen molar-refractivity contribution < 1.29 is 17.0 Å². The molecule has 0 unspecified atom stereocenters. The smallest absolute Gasteiger partial charge is 0.181 e. The van der Waals surface area contributed by atoms with Crippen LogP contribution in [0.25, 0.3) is 0 Å². The minimum Gasteiger partial charge on any atom is -1.00 e. The molecule has 1 nitrogen and oxygen atoms in total. The van der Waals surface area contributed by atoms with Crippen molar-refractivity contribution >= 4 is 0 Å². The molecule has 1 aromatic heterocycles. The van der Waals surface area contributed by atoms with Crippen molar-refractivity contribution in [2.45, 2.75) is 226 Å². The fourth-order valence-corrected chi connectivity index (χ4v) is 6.85. The van der Waals surface area contributed by atoms with Crippen molar-refractivity contribution in [3.8, 4) is 0 Å². The lowest BCUT2D eigenvalue weighted by molar-refractivity contribution is -0.678. The molecule has 1 aromatic rings. The van der Waals surface area contributed by atoms with Gasteiger partial charge >= 0.3 is 0 Å². The highest BCUT2D eigenvalue weighted by Crippen LogP contribution is 2.20. The highest BCUT2D eigenvalue weighted by Gasteiger charge is 2.13. The van der Waals surface area contributed by atoms with Gasteiger partial charge in [0, 0.05) is 18.6 Å². The zero-order valence-electron chi connectivity index (χ0n) is 31.3. The number of halogens is 1. The van der Waals surface area contributed by atoms with Crippen LogP contribution in [0.4, 0.5) is 0 Å². The van der Waals surface area contributed by atoms with Gasteiger partial charge < -0.3 is 12.4 Å². The second-order valence-electron chi connectivity index (χ2n) is 14.3. The average molecular weight is 647 g/mol. The predicted molar refractivity (Wildman–Crippen MR) is 199 cm³/mol. The summed E-state index contributed by atoms with van der Waals surface area (Å²) in [6, 6.07) is 2.42. The van der Waals surface area contributed by atoms with Gasteiger partial charge in [0.2, 0.25) is 0 Å². The fourth-order valence-electron chi connectivity index (χ4n) is 6.85. The monoisotopic (exact) mass is 646 g/mol. The van der Waals surface area contributed by atoms with Crippen molar-refractivity contribution in [2.24, 2.45) is 7.05 Å². The molecular formula is C43H80ClN. The van der Waals surface area contributed by atoms with Crippen LogP contribution in [0.3, 0.4) is 0 Å². The lowest BCUT2D eigenvalue weighted by Gasteiger charge is -2.11. The Kier molecular flexibility index (Phi) is 33.9. The van der Waals surface area contributed by atoms with E-state index in [4.69, 9.17) is 0 Å². The molecule has 0 aromatic carbocycles. The summed E-state index contributed by atoms with van der Waals surface area (Å²) in [5.74, 6) is 0. The number of nitrogens with zero attached hydrogens (tertiary/aromatic N) is 1. The van der Waals surface area contributed by atoms with E-state index in [9.17, 15) is 0 Å². The van der Waals surface area contributed by atoms with Crippen LogP contribution in [0.1, 0.15) is 223 Å². The van der Waals surface area contributed by atoms with Gasteiger partial charge in [-0.15, -0.1) is 0 Å². The lowest BCUT2D eigenvalue weighted by Crippen LogP contribution is -3.00. The third kappa shape index (κ3) is 26.9. The van der Waals surface area contributed by atoms with Crippen molar-refractivity contribution in [3.05, 3.63) is 41.2 Å². The topological polar surface area (TPSA) is 3.88 Å². The van der Waals surface area contributed by atoms with Gasteiger partial charge in [0.25, 0.3) is 0 Å². The third-order valence-corrected chi connectivity index (χ3v) is 10.1. The molecule has 0 bridgehead atoms. The van der Waals surface area contributed by atoms with Gasteiger partial charge in [-0.05, 0) is 56.9 Å². The molecule has 1 heterocycles. The largest absolute Gasteiger partial charge is 1.00 e. The highest BCUT2D eigenvalue weighted by molar-refractivity contribution is 5.27. The summed E-state index contributed by atoms with van der Waals surface area (Å²) >= 11 is 0. The number of aryl methyl sites for hydroxylation is 2. The van der Waals surface area contributed by atoms with E-state index >= 15 is 0 Å². The van der Waals surface area contributed by atoms with Crippen molar-refractivity contribution in [2.75, 3.05) is 0 Å². The van der Waals surface area contributed by atoms with E-state index in [1.807, 2.05) is 0 Å². The molecule has 0 spiro atoms. The summed E-state index contributed by atoms with van der Waals surface area (Å²) in [6.07, 6.45) is 52.3. The Labute approximate surface area is 290 Å². The zero-order valence-corrected chi connectivity index (χ0v) is 32.0. The van der Waals surface area contributed by atoms with Gasteiger partial charge in [-0.3, -0.25) is 0 Å². The van der Waals surface area contributed by atoms with E-state index in [1.165, 1.54) is 211 Å². The second-order valence-corrected chi connectivity index (χ2v) is 14.3. The molecule has 0 saturated carbocycles. The van der Waals surface area contributed by atoms with Crippen LogP contribution >= 0.6 is 0 Å². The van der Waals surface area contributed by atoms with Crippen molar-refractivity contribution in [1.82, 2.24) is 0 Å². The molecule has 0 radical (unpaired) electrons. The molecule has 0 saturated heterocycles. The molecule has 0 aliphatic carbocycles. The maximum absolute atomic E-state index is 2.45. The van der Waals surface area contributed by atoms with Crippen LogP contribution < -0.4 is 17.0 Å². The Bertz CT molecular complexity index is 769. The molecule has 0 amide bonds. The van der Waals surface area contributed by atoms with Gasteiger partial charge in [-0.1, -0.05) is 180 Å². The number of pyridine rings is 1. The van der Waals surface area contributed by atoms with E-state index < -0.39 is 0 Å². The molecule has 0 aliphatic rings. The van der Waals surface area contributed by atoms with E-state index in [-0.39, 0.29) is 12.4 Å². The number of unbranched alkanes of at least 4 members (excludes halogenated alkanes) is 27. The molecule has 0 aliphatic heterocycles. The number of hydrogen-bond donors (Lipinski definition) is 0. The van der Waals surface area contributed by atoms with E-state index in [0.29, 0.717) is 0 Å². The maximum Gasteiger partial charge on any atom is 0.181 e. The first kappa shape index (κ1) is 44.2. The number of allylic oxidation sites excluding steroid dienone is 2. The van der Waals surface area contributed by atoms with Crippen LogP contribution in [-0.4, -0.2) is 0 Å². The van der Waals surface area contributed by atoms with Gasteiger partial charge in [-0.2, -0.15) is 0 Å². The van der Waals surface area contributed by atoms with Crippen molar-refractivity contribution in [3.63, 3.8) is 0 Å². The van der Waals surface area contributed by atoms with Gasteiger partial charge in [0.1, 0.15) is 7.05 Å². The third-order valence-electron chi connectivity index (χ3n) is 10.1. The van der Waals surface area contributed by atoms with Gasteiger partial charge in [0.05, 0.1) is 0 Å². The van der Waals surface area contributed by atoms with E-state index in [2.05, 4.69) is 56.8 Å². The summed E-state index contributed by atoms with van der Waals surface area (Å²) in [5.41, 5.74) is 4.79. The summed E-state index contributed by atoms with van der Waals surface area (Å²) in [6.45, 7) is 6.95. The first-order valence-electron chi connectivity index (χ1n) is 20.3. The number of hydrogen-bond acceptors (Lipinski definition) is 0. The standard InChI is InChI=1S/C43H80N.ClH/c1-5-7-9-11-13-15-17-19-21-23-25-27-29-31-33-35-37-42-39-40-44(4)41(3)43(42)38-36-34-32-30-28-26-24-22-20-18-16-14-12-10-8-6-2;/h20,22,39-40H,5-19,21,23-38H2,1-4H3;1H/q+1;/p-1/b22-20-;. The fraction of sp³-hybridized carbons (Fsp3) is 0.837. The zero-order chi connectivity index (χ0) is 31.8. The normalized spacial score (nSPS) is 11.5. The minimum absolute atomic E-state index is 0. The Morgan fingerprint density at radius 2 is 0.800 bits per heavy atom. The maximum atomic E-state index is 2.45. The van der Waals surface area contributed by atoms with E-state index in [1.54, 1.807) is 11.1 Å². The van der Waals surface area contributed by atoms with E-state index in [0.717, 1.165) is 0 Å². The Morgan fingerprint density at radius 3 is 1.20 bits per heavy atom. The first-order valence-corrected chi connectivity index (χ1v) is 20.3. The summed E-state index contributed by atoms with van der Waals surface area (Å²) in [7, 11) is 2.22. The summed E-state index contributed by atoms with van der Waals surface area (Å²) in [5, 5.41) is 0. The van der Waals surface area contributed by atoms with Gasteiger partial charge in [0.15, 0.2) is 11.9 Å². The van der Waals surface area contributed by atoms with Crippen LogP contribution in [0.15, 0.2) is 24.4 Å². The van der Waals surface area contributed by atoms with Crippen LogP contribution in [-0.2, 0) is 19.9 Å². The quantitative estimate of drug-likeness (QED) is 0.0407. The van der Waals surface area contributed by atoms with Crippen molar-refractivity contribution in [1.29, 1.82) is 0 Å². The molecule has 264 valence electrons. The predicted octanol–water partition coefficient (Wildman–Crippen LogP) is 11.2.